The van der Waals surface area contributed by atoms with Crippen molar-refractivity contribution in [2.75, 3.05) is 0 Å². The molecular formula is C24H18N2S2Si. The van der Waals surface area contributed by atoms with Gasteiger partial charge >= 0.3 is 0 Å². The predicted molar refractivity (Wildman–Crippen MR) is 126 cm³/mol. The van der Waals surface area contributed by atoms with Gasteiger partial charge in [-0.25, -0.2) is 4.98 Å². The van der Waals surface area contributed by atoms with Gasteiger partial charge in [0, 0.05) is 21.8 Å². The van der Waals surface area contributed by atoms with Crippen molar-refractivity contribution < 1.29 is 0 Å². The van der Waals surface area contributed by atoms with E-state index in [1.54, 1.807) is 23.5 Å². The average Bonchev–Trinajstić information content (AvgIpc) is 2.76. The van der Waals surface area contributed by atoms with Gasteiger partial charge in [-0.1, -0.05) is 72.1 Å². The molecule has 0 aliphatic carbocycles. The Morgan fingerprint density at radius 3 is 2.79 bits per heavy atom. The minimum atomic E-state index is 0.610. The molecule has 0 saturated carbocycles. The zero-order chi connectivity index (χ0) is 19.8. The minimum absolute atomic E-state index is 0.610. The van der Waals surface area contributed by atoms with Crippen LogP contribution in [0.1, 0.15) is 18.1 Å². The molecule has 3 heterocycles. The van der Waals surface area contributed by atoms with Gasteiger partial charge in [-0.3, -0.25) is 4.99 Å². The number of aliphatic imine (C=N–C) groups is 1. The number of hydrogen-bond acceptors (Lipinski definition) is 4. The monoisotopic (exact) mass is 426 g/mol. The first-order chi connectivity index (χ1) is 14.2. The maximum Gasteiger partial charge on any atom is 0.126 e. The van der Waals surface area contributed by atoms with E-state index in [1.165, 1.54) is 31.3 Å². The number of thioether (sulfide) groups is 1. The van der Waals surface area contributed by atoms with Crippen molar-refractivity contribution in [2.45, 2.75) is 28.2 Å². The molecule has 5 heteroatoms. The zero-order valence-corrected chi connectivity index (χ0v) is 18.6. The van der Waals surface area contributed by atoms with Gasteiger partial charge in [-0.2, -0.15) is 0 Å². The van der Waals surface area contributed by atoms with Crippen molar-refractivity contribution in [1.29, 1.82) is 0 Å². The molecule has 3 aromatic rings. The fourth-order valence-corrected chi connectivity index (χ4v) is 7.09. The normalized spacial score (nSPS) is 15.1. The molecule has 0 amide bonds. The van der Waals surface area contributed by atoms with Gasteiger partial charge in [0.25, 0.3) is 0 Å². The van der Waals surface area contributed by atoms with Crippen molar-refractivity contribution in [3.63, 3.8) is 0 Å². The number of benzene rings is 2. The summed E-state index contributed by atoms with van der Waals surface area (Å²) < 4.78 is 0. The second-order valence-electron chi connectivity index (χ2n) is 6.86. The van der Waals surface area contributed by atoms with Gasteiger partial charge in [-0.15, -0.1) is 0 Å². The van der Waals surface area contributed by atoms with E-state index in [9.17, 15) is 0 Å². The molecule has 0 fully saturated rings. The van der Waals surface area contributed by atoms with Gasteiger partial charge in [0.1, 0.15) is 14.5 Å². The molecule has 5 rings (SSSR count). The van der Waals surface area contributed by atoms with E-state index >= 15 is 0 Å². The summed E-state index contributed by atoms with van der Waals surface area (Å²) in [5.41, 5.74) is 4.88. The highest BCUT2D eigenvalue weighted by atomic mass is 32.2. The Morgan fingerprint density at radius 2 is 1.93 bits per heavy atom. The van der Waals surface area contributed by atoms with Crippen molar-refractivity contribution >= 4 is 44.9 Å². The largest absolute Gasteiger partial charge is 0.258 e. The summed E-state index contributed by atoms with van der Waals surface area (Å²) in [6.07, 6.45) is 5.17. The van der Waals surface area contributed by atoms with Crippen molar-refractivity contribution in [3.8, 4) is 11.3 Å². The van der Waals surface area contributed by atoms with Crippen LogP contribution in [0.4, 0.5) is 0 Å². The predicted octanol–water partition coefficient (Wildman–Crippen LogP) is 5.69. The third-order valence-electron chi connectivity index (χ3n) is 4.96. The van der Waals surface area contributed by atoms with E-state index < -0.39 is 0 Å². The first-order valence-electron chi connectivity index (χ1n) is 9.44. The highest BCUT2D eigenvalue weighted by molar-refractivity contribution is 8.03. The number of pyridine rings is 1. The topological polar surface area (TPSA) is 25.2 Å². The zero-order valence-electron chi connectivity index (χ0n) is 16.0. The van der Waals surface area contributed by atoms with Crippen LogP contribution in [0.25, 0.3) is 11.3 Å². The van der Waals surface area contributed by atoms with Gasteiger partial charge in [0.2, 0.25) is 0 Å². The Balaban J connectivity index is 1.48. The molecule has 0 atom stereocenters. The molecular weight excluding hydrogens is 408 g/mol. The molecule has 1 aromatic heterocycles. The van der Waals surface area contributed by atoms with Crippen molar-refractivity contribution in [1.82, 2.24) is 4.98 Å². The van der Waals surface area contributed by atoms with Crippen LogP contribution < -0.4 is 5.19 Å². The van der Waals surface area contributed by atoms with Crippen LogP contribution in [-0.4, -0.2) is 21.2 Å². The third kappa shape index (κ3) is 3.54. The Bertz CT molecular complexity index is 1200. The standard InChI is InChI=1S/C24H18N2S2Si/c1-3-6-22-24(25-2)28-20-14-15(10-12-21(20)29-22)18-11-9-17-13-16-7-4-5-8-19(16)27-23(17)26-18/h3-12,14H,2,13H2,1H3/b6-3-. The Labute approximate surface area is 182 Å². The molecule has 140 valence electrons. The van der Waals surface area contributed by atoms with Crippen LogP contribution in [0.15, 0.2) is 96.8 Å². The minimum Gasteiger partial charge on any atom is -0.258 e. The van der Waals surface area contributed by atoms with Crippen LogP contribution in [0.5, 0.6) is 0 Å². The van der Waals surface area contributed by atoms with Crippen LogP contribution in [-0.2, 0) is 6.42 Å². The third-order valence-corrected chi connectivity index (χ3v) is 8.97. The maximum atomic E-state index is 5.01. The summed E-state index contributed by atoms with van der Waals surface area (Å²) in [6, 6.07) is 19.7. The van der Waals surface area contributed by atoms with Gasteiger partial charge in [0.05, 0.1) is 10.7 Å². The van der Waals surface area contributed by atoms with Crippen LogP contribution in [0.3, 0.4) is 0 Å². The Hall–Kier alpha value is -2.34. The molecule has 2 aliphatic heterocycles. The summed E-state index contributed by atoms with van der Waals surface area (Å²) in [7, 11) is 0.610. The van der Waals surface area contributed by atoms with Crippen molar-refractivity contribution in [2.24, 2.45) is 4.99 Å². The lowest BCUT2D eigenvalue weighted by atomic mass is 10.0. The number of allylic oxidation sites excluding steroid dienone is 3. The molecule has 0 unspecified atom stereocenters. The maximum absolute atomic E-state index is 5.01. The van der Waals surface area contributed by atoms with Crippen LogP contribution in [0.2, 0.25) is 0 Å². The lowest BCUT2D eigenvalue weighted by Gasteiger charge is -2.20. The van der Waals surface area contributed by atoms with Crippen molar-refractivity contribution in [3.05, 3.63) is 88.1 Å². The number of nitrogens with zero attached hydrogens (tertiary/aromatic N) is 2. The molecule has 2 radical (unpaired) electrons. The highest BCUT2D eigenvalue weighted by Gasteiger charge is 2.20. The molecule has 29 heavy (non-hydrogen) atoms. The number of fused-ring (bicyclic) bond motifs is 3. The van der Waals surface area contributed by atoms with E-state index in [4.69, 9.17) is 4.98 Å². The van der Waals surface area contributed by atoms with E-state index in [-0.39, 0.29) is 0 Å². The van der Waals surface area contributed by atoms with Gasteiger partial charge in [-0.05, 0) is 53.4 Å². The number of hydrogen-bond donors (Lipinski definition) is 0. The summed E-state index contributed by atoms with van der Waals surface area (Å²) in [6.45, 7) is 5.81. The molecule has 0 spiro atoms. The first kappa shape index (κ1) is 18.7. The smallest absolute Gasteiger partial charge is 0.126 e. The lowest BCUT2D eigenvalue weighted by Crippen LogP contribution is -2.22. The fourth-order valence-electron chi connectivity index (χ4n) is 3.54. The van der Waals surface area contributed by atoms with Gasteiger partial charge in [0.15, 0.2) is 0 Å². The number of aromatic nitrogens is 1. The van der Waals surface area contributed by atoms with E-state index in [0.29, 0.717) is 9.52 Å². The molecule has 0 N–H and O–H groups in total. The van der Waals surface area contributed by atoms with E-state index in [2.05, 4.69) is 78.5 Å². The van der Waals surface area contributed by atoms with E-state index in [1.807, 2.05) is 6.92 Å². The Kier molecular flexibility index (Phi) is 5.04. The average molecular weight is 427 g/mol. The SMILES string of the molecule is C=NC1=C(/C=C\C)[Si]c2ccc(-c3ccc4c(n3)Sc3ccccc3C4)cc2S1. The summed E-state index contributed by atoms with van der Waals surface area (Å²) >= 11 is 3.48. The Morgan fingerprint density at radius 1 is 1.03 bits per heavy atom. The molecule has 0 bridgehead atoms. The fraction of sp³-hybridized carbons (Fsp3) is 0.0833. The van der Waals surface area contributed by atoms with Crippen LogP contribution >= 0.6 is 23.5 Å². The van der Waals surface area contributed by atoms with E-state index in [0.717, 1.165) is 27.7 Å². The summed E-state index contributed by atoms with van der Waals surface area (Å²) in [5, 5.41) is 4.75. The van der Waals surface area contributed by atoms with Crippen LogP contribution in [0, 0.1) is 0 Å². The quantitative estimate of drug-likeness (QED) is 0.311. The molecule has 2 aromatic carbocycles. The summed E-state index contributed by atoms with van der Waals surface area (Å²) in [5.74, 6) is 0. The second kappa shape index (κ2) is 7.82. The highest BCUT2D eigenvalue weighted by Crippen LogP contribution is 2.40. The molecule has 2 aliphatic rings. The first-order valence-corrected chi connectivity index (χ1v) is 12.1. The second-order valence-corrected chi connectivity index (χ2v) is 10.3. The molecule has 0 saturated heterocycles. The number of rotatable bonds is 3. The summed E-state index contributed by atoms with van der Waals surface area (Å²) in [4.78, 5) is 11.8. The lowest BCUT2D eigenvalue weighted by molar-refractivity contribution is 0.980. The van der Waals surface area contributed by atoms with Gasteiger partial charge < -0.3 is 0 Å². The molecule has 2 nitrogen and oxygen atoms in total.